The largest absolute Gasteiger partial charge is 0.422 e. The molecule has 7 heteroatoms. The molecule has 0 fully saturated rings. The third-order valence-corrected chi connectivity index (χ3v) is 2.48. The lowest BCUT2D eigenvalue weighted by molar-refractivity contribution is -0.161. The second-order valence-corrected chi connectivity index (χ2v) is 3.73. The number of cyclic esters (lactones) is 1. The highest BCUT2D eigenvalue weighted by Gasteiger charge is 2.48. The summed E-state index contributed by atoms with van der Waals surface area (Å²) < 4.78 is 54.2. The zero-order valence-corrected chi connectivity index (χ0v) is 9.20. The minimum atomic E-state index is -4.81. The van der Waals surface area contributed by atoms with Crippen molar-refractivity contribution >= 4 is 17.5 Å². The van der Waals surface area contributed by atoms with Crippen molar-refractivity contribution in [3.05, 3.63) is 41.5 Å². The van der Waals surface area contributed by atoms with E-state index < -0.39 is 29.9 Å². The SMILES string of the molecule is O=C1O/C(=C\C(=O)C(F)(F)C(F)F)c2ccccc21. The van der Waals surface area contributed by atoms with E-state index >= 15 is 0 Å². The molecule has 0 N–H and O–H groups in total. The standard InChI is InChI=1S/C12H6F4O3/c13-11(14)12(15,16)9(17)5-8-6-3-1-2-4-7(6)10(18)19-8/h1-5,11H/b8-5-. The Morgan fingerprint density at radius 1 is 1.21 bits per heavy atom. The Bertz CT molecular complexity index is 578. The quantitative estimate of drug-likeness (QED) is 0.483. The maximum absolute atomic E-state index is 12.8. The molecule has 1 aromatic carbocycles. The third-order valence-electron chi connectivity index (χ3n) is 2.48. The van der Waals surface area contributed by atoms with Gasteiger partial charge in [0.15, 0.2) is 0 Å². The van der Waals surface area contributed by atoms with Crippen LogP contribution < -0.4 is 0 Å². The van der Waals surface area contributed by atoms with Gasteiger partial charge >= 0.3 is 18.3 Å². The van der Waals surface area contributed by atoms with Crippen LogP contribution in [0, 0.1) is 0 Å². The predicted molar refractivity (Wildman–Crippen MR) is 55.8 cm³/mol. The Balaban J connectivity index is 2.38. The second-order valence-electron chi connectivity index (χ2n) is 3.73. The van der Waals surface area contributed by atoms with Crippen LogP contribution in [0.3, 0.4) is 0 Å². The Hall–Kier alpha value is -2.18. The number of hydrogen-bond acceptors (Lipinski definition) is 3. The van der Waals surface area contributed by atoms with Crippen molar-refractivity contribution in [3.63, 3.8) is 0 Å². The zero-order valence-electron chi connectivity index (χ0n) is 9.20. The van der Waals surface area contributed by atoms with Crippen molar-refractivity contribution in [2.24, 2.45) is 0 Å². The molecular formula is C12H6F4O3. The summed E-state index contributed by atoms with van der Waals surface area (Å²) in [6.07, 6.45) is -3.90. The maximum Gasteiger partial charge on any atom is 0.368 e. The first-order valence-electron chi connectivity index (χ1n) is 5.07. The van der Waals surface area contributed by atoms with E-state index in [2.05, 4.69) is 4.74 Å². The molecule has 0 radical (unpaired) electrons. The number of alkyl halides is 4. The summed E-state index contributed by atoms with van der Waals surface area (Å²) in [6, 6.07) is 5.73. The first-order chi connectivity index (χ1) is 8.84. The number of esters is 1. The molecule has 1 aliphatic heterocycles. The van der Waals surface area contributed by atoms with Crippen molar-refractivity contribution in [1.29, 1.82) is 0 Å². The van der Waals surface area contributed by atoms with Crippen LogP contribution in [0.5, 0.6) is 0 Å². The maximum atomic E-state index is 12.8. The van der Waals surface area contributed by atoms with Crippen LogP contribution in [0.25, 0.3) is 5.76 Å². The monoisotopic (exact) mass is 274 g/mol. The molecular weight excluding hydrogens is 268 g/mol. The van der Waals surface area contributed by atoms with Crippen molar-refractivity contribution in [3.8, 4) is 0 Å². The fourth-order valence-electron chi connectivity index (χ4n) is 1.52. The van der Waals surface area contributed by atoms with E-state index in [9.17, 15) is 27.2 Å². The molecule has 0 saturated carbocycles. The summed E-state index contributed by atoms with van der Waals surface area (Å²) in [6.45, 7) is 0. The smallest absolute Gasteiger partial charge is 0.368 e. The lowest BCUT2D eigenvalue weighted by Crippen LogP contribution is -2.35. The van der Waals surface area contributed by atoms with Gasteiger partial charge in [0.2, 0.25) is 5.78 Å². The molecule has 0 aliphatic carbocycles. The topological polar surface area (TPSA) is 43.4 Å². The van der Waals surface area contributed by atoms with Crippen LogP contribution in [-0.2, 0) is 9.53 Å². The summed E-state index contributed by atoms with van der Waals surface area (Å²) in [5, 5.41) is 0. The summed E-state index contributed by atoms with van der Waals surface area (Å²) in [5.74, 6) is -8.19. The van der Waals surface area contributed by atoms with E-state index in [0.29, 0.717) is 0 Å². The number of allylic oxidation sites excluding steroid dienone is 1. The molecule has 0 unspecified atom stereocenters. The average Bonchev–Trinajstić information content (AvgIpc) is 2.67. The molecule has 0 spiro atoms. The van der Waals surface area contributed by atoms with E-state index in [1.165, 1.54) is 24.3 Å². The number of hydrogen-bond donors (Lipinski definition) is 0. The fraction of sp³-hybridized carbons (Fsp3) is 0.167. The van der Waals surface area contributed by atoms with Crippen LogP contribution in [0.1, 0.15) is 15.9 Å². The van der Waals surface area contributed by atoms with Gasteiger partial charge in [-0.25, -0.2) is 13.6 Å². The van der Waals surface area contributed by atoms with Gasteiger partial charge in [0.25, 0.3) is 0 Å². The molecule has 0 atom stereocenters. The van der Waals surface area contributed by atoms with Crippen molar-refractivity contribution in [2.75, 3.05) is 0 Å². The minimum absolute atomic E-state index is 0.0851. The number of benzene rings is 1. The van der Waals surface area contributed by atoms with Crippen molar-refractivity contribution in [1.82, 2.24) is 0 Å². The molecule has 1 aliphatic rings. The summed E-state index contributed by atoms with van der Waals surface area (Å²) in [7, 11) is 0. The van der Waals surface area contributed by atoms with Crippen LogP contribution in [-0.4, -0.2) is 24.1 Å². The molecule has 2 rings (SSSR count). The summed E-state index contributed by atoms with van der Waals surface area (Å²) >= 11 is 0. The van der Waals surface area contributed by atoms with Gasteiger partial charge in [-0.2, -0.15) is 8.78 Å². The molecule has 0 bridgehead atoms. The van der Waals surface area contributed by atoms with Gasteiger partial charge < -0.3 is 4.74 Å². The Morgan fingerprint density at radius 3 is 2.37 bits per heavy atom. The van der Waals surface area contributed by atoms with Gasteiger partial charge in [0.05, 0.1) is 5.56 Å². The first kappa shape index (κ1) is 13.3. The lowest BCUT2D eigenvalue weighted by Gasteiger charge is -2.11. The molecule has 0 amide bonds. The first-order valence-corrected chi connectivity index (χ1v) is 5.07. The zero-order chi connectivity index (χ0) is 14.2. The summed E-state index contributed by atoms with van der Waals surface area (Å²) in [5.41, 5.74) is 0.202. The number of rotatable bonds is 3. The molecule has 0 aromatic heterocycles. The van der Waals surface area contributed by atoms with E-state index in [0.717, 1.165) is 0 Å². The Labute approximate surface area is 104 Å². The highest BCUT2D eigenvalue weighted by molar-refractivity contribution is 6.08. The van der Waals surface area contributed by atoms with E-state index in [1.807, 2.05) is 0 Å². The normalized spacial score (nSPS) is 16.7. The highest BCUT2D eigenvalue weighted by atomic mass is 19.3. The predicted octanol–water partition coefficient (Wildman–Crippen LogP) is 2.67. The van der Waals surface area contributed by atoms with Crippen LogP contribution >= 0.6 is 0 Å². The van der Waals surface area contributed by atoms with Gasteiger partial charge in [0, 0.05) is 11.6 Å². The molecule has 1 aromatic rings. The Morgan fingerprint density at radius 2 is 1.79 bits per heavy atom. The van der Waals surface area contributed by atoms with Crippen LogP contribution in [0.2, 0.25) is 0 Å². The van der Waals surface area contributed by atoms with Crippen LogP contribution in [0.15, 0.2) is 30.3 Å². The van der Waals surface area contributed by atoms with Gasteiger partial charge in [0.1, 0.15) is 5.76 Å². The molecule has 0 saturated heterocycles. The fourth-order valence-corrected chi connectivity index (χ4v) is 1.52. The minimum Gasteiger partial charge on any atom is -0.422 e. The van der Waals surface area contributed by atoms with E-state index in [-0.39, 0.29) is 17.2 Å². The number of carbonyl (C=O) groups is 2. The van der Waals surface area contributed by atoms with Gasteiger partial charge in [-0.3, -0.25) is 4.79 Å². The van der Waals surface area contributed by atoms with E-state index in [1.54, 1.807) is 0 Å². The van der Waals surface area contributed by atoms with Gasteiger partial charge in [-0.05, 0) is 6.07 Å². The lowest BCUT2D eigenvalue weighted by atomic mass is 10.1. The number of ether oxygens (including phenoxy) is 1. The van der Waals surface area contributed by atoms with Crippen molar-refractivity contribution in [2.45, 2.75) is 12.3 Å². The number of ketones is 1. The summed E-state index contributed by atoms with van der Waals surface area (Å²) in [4.78, 5) is 22.4. The molecule has 19 heavy (non-hydrogen) atoms. The highest BCUT2D eigenvalue weighted by Crippen LogP contribution is 2.31. The Kier molecular flexibility index (Phi) is 3.13. The van der Waals surface area contributed by atoms with E-state index in [4.69, 9.17) is 0 Å². The van der Waals surface area contributed by atoms with Gasteiger partial charge in [-0.1, -0.05) is 18.2 Å². The van der Waals surface area contributed by atoms with Crippen molar-refractivity contribution < 1.29 is 31.9 Å². The molecule has 1 heterocycles. The van der Waals surface area contributed by atoms with Crippen LogP contribution in [0.4, 0.5) is 17.6 Å². The number of fused-ring (bicyclic) bond motifs is 1. The number of halogens is 4. The second kappa shape index (κ2) is 4.49. The number of carbonyl (C=O) groups excluding carboxylic acids is 2. The third kappa shape index (κ3) is 2.23. The van der Waals surface area contributed by atoms with Gasteiger partial charge in [-0.15, -0.1) is 0 Å². The molecule has 3 nitrogen and oxygen atoms in total. The average molecular weight is 274 g/mol. The molecule has 100 valence electrons.